The zero-order valence-electron chi connectivity index (χ0n) is 12.7. The van der Waals surface area contributed by atoms with Gasteiger partial charge in [0.1, 0.15) is 11.6 Å². The predicted octanol–water partition coefficient (Wildman–Crippen LogP) is 2.68. The minimum atomic E-state index is 0.366. The van der Waals surface area contributed by atoms with E-state index in [2.05, 4.69) is 34.1 Å². The molecular formula is C18H21N3O. The van der Waals surface area contributed by atoms with Crippen LogP contribution < -0.4 is 4.90 Å². The van der Waals surface area contributed by atoms with Crippen LogP contribution >= 0.6 is 0 Å². The third-order valence-corrected chi connectivity index (χ3v) is 4.84. The van der Waals surface area contributed by atoms with E-state index in [1.165, 1.54) is 18.4 Å². The van der Waals surface area contributed by atoms with Crippen molar-refractivity contribution < 1.29 is 4.74 Å². The van der Waals surface area contributed by atoms with E-state index in [0.29, 0.717) is 5.41 Å². The van der Waals surface area contributed by atoms with Crippen LogP contribution in [-0.4, -0.2) is 36.3 Å². The predicted molar refractivity (Wildman–Crippen MR) is 86.0 cm³/mol. The monoisotopic (exact) mass is 295 g/mol. The minimum absolute atomic E-state index is 0.366. The molecule has 1 aromatic heterocycles. The van der Waals surface area contributed by atoms with Gasteiger partial charge < -0.3 is 9.64 Å². The highest BCUT2D eigenvalue weighted by molar-refractivity contribution is 5.40. The quantitative estimate of drug-likeness (QED) is 0.872. The normalized spacial score (nSPS) is 24.3. The Bertz CT molecular complexity index is 638. The van der Waals surface area contributed by atoms with Crippen molar-refractivity contribution in [2.24, 2.45) is 5.41 Å². The molecule has 1 unspecified atom stereocenters. The fraction of sp³-hybridized carbons (Fsp3) is 0.444. The molecule has 4 rings (SSSR count). The minimum Gasteiger partial charge on any atom is -0.381 e. The standard InChI is InChI=1S/C18H21N3O/c1-2-4-15(5-3-1)12-16-19-9-6-17(20-16)21-10-7-18(13-21)8-11-22-14-18/h1-6,9H,7-8,10-14H2. The number of aromatic nitrogens is 2. The Hall–Kier alpha value is -1.94. The molecule has 0 saturated carbocycles. The first-order valence-corrected chi connectivity index (χ1v) is 8.02. The van der Waals surface area contributed by atoms with Gasteiger partial charge in [-0.2, -0.15) is 0 Å². The van der Waals surface area contributed by atoms with Gasteiger partial charge in [-0.3, -0.25) is 0 Å². The van der Waals surface area contributed by atoms with Gasteiger partial charge in [0.15, 0.2) is 0 Å². The van der Waals surface area contributed by atoms with Crippen molar-refractivity contribution in [1.82, 2.24) is 9.97 Å². The molecule has 0 radical (unpaired) electrons. The first-order valence-electron chi connectivity index (χ1n) is 8.02. The van der Waals surface area contributed by atoms with Crippen LogP contribution in [0.15, 0.2) is 42.6 Å². The van der Waals surface area contributed by atoms with Crippen molar-refractivity contribution in [2.75, 3.05) is 31.2 Å². The lowest BCUT2D eigenvalue weighted by atomic mass is 9.87. The average Bonchev–Trinajstić information content (AvgIpc) is 3.19. The molecule has 1 aromatic carbocycles. The van der Waals surface area contributed by atoms with E-state index in [1.807, 2.05) is 18.3 Å². The topological polar surface area (TPSA) is 38.2 Å². The van der Waals surface area contributed by atoms with Gasteiger partial charge in [-0.15, -0.1) is 0 Å². The van der Waals surface area contributed by atoms with E-state index in [9.17, 15) is 0 Å². The Morgan fingerprint density at radius 3 is 2.86 bits per heavy atom. The van der Waals surface area contributed by atoms with Crippen LogP contribution in [-0.2, 0) is 11.2 Å². The summed E-state index contributed by atoms with van der Waals surface area (Å²) in [5.74, 6) is 1.96. The fourth-order valence-electron chi connectivity index (χ4n) is 3.53. The molecule has 0 bridgehead atoms. The number of anilines is 1. The first-order chi connectivity index (χ1) is 10.8. The van der Waals surface area contributed by atoms with Crippen molar-refractivity contribution in [3.63, 3.8) is 0 Å². The van der Waals surface area contributed by atoms with Crippen LogP contribution in [0.1, 0.15) is 24.2 Å². The zero-order valence-corrected chi connectivity index (χ0v) is 12.7. The molecule has 22 heavy (non-hydrogen) atoms. The summed E-state index contributed by atoms with van der Waals surface area (Å²) in [6.07, 6.45) is 5.07. The third kappa shape index (κ3) is 2.71. The molecule has 3 heterocycles. The second kappa shape index (κ2) is 5.69. The van der Waals surface area contributed by atoms with Gasteiger partial charge in [0, 0.05) is 37.7 Å². The van der Waals surface area contributed by atoms with E-state index < -0.39 is 0 Å². The van der Waals surface area contributed by atoms with E-state index in [4.69, 9.17) is 9.72 Å². The van der Waals surface area contributed by atoms with Crippen molar-refractivity contribution in [3.05, 3.63) is 54.0 Å². The van der Waals surface area contributed by atoms with Crippen LogP contribution in [0.4, 0.5) is 5.82 Å². The molecule has 2 aromatic rings. The molecule has 0 N–H and O–H groups in total. The average molecular weight is 295 g/mol. The summed E-state index contributed by atoms with van der Waals surface area (Å²) in [4.78, 5) is 11.6. The summed E-state index contributed by atoms with van der Waals surface area (Å²) in [6.45, 7) is 3.96. The molecule has 114 valence electrons. The molecule has 4 heteroatoms. The van der Waals surface area contributed by atoms with Crippen molar-refractivity contribution in [3.8, 4) is 0 Å². The van der Waals surface area contributed by atoms with E-state index >= 15 is 0 Å². The maximum atomic E-state index is 5.61. The zero-order chi connectivity index (χ0) is 14.8. The molecule has 0 aliphatic carbocycles. The number of hydrogen-bond donors (Lipinski definition) is 0. The van der Waals surface area contributed by atoms with Gasteiger partial charge >= 0.3 is 0 Å². The molecule has 2 saturated heterocycles. The highest BCUT2D eigenvalue weighted by atomic mass is 16.5. The maximum absolute atomic E-state index is 5.61. The summed E-state index contributed by atoms with van der Waals surface area (Å²) < 4.78 is 5.61. The summed E-state index contributed by atoms with van der Waals surface area (Å²) in [6, 6.07) is 12.4. The summed E-state index contributed by atoms with van der Waals surface area (Å²) in [5, 5.41) is 0. The smallest absolute Gasteiger partial charge is 0.135 e. The van der Waals surface area contributed by atoms with Crippen molar-refractivity contribution in [2.45, 2.75) is 19.3 Å². The second-order valence-corrected chi connectivity index (χ2v) is 6.47. The summed E-state index contributed by atoms with van der Waals surface area (Å²) in [5.41, 5.74) is 1.62. The van der Waals surface area contributed by atoms with Crippen LogP contribution in [0, 0.1) is 5.41 Å². The Kier molecular flexibility index (Phi) is 3.54. The Morgan fingerprint density at radius 2 is 2.05 bits per heavy atom. The fourth-order valence-corrected chi connectivity index (χ4v) is 3.53. The molecular weight excluding hydrogens is 274 g/mol. The van der Waals surface area contributed by atoms with Gasteiger partial charge in [-0.05, 0) is 24.5 Å². The van der Waals surface area contributed by atoms with E-state index in [0.717, 1.165) is 44.4 Å². The number of benzene rings is 1. The Morgan fingerprint density at radius 1 is 1.14 bits per heavy atom. The lowest BCUT2D eigenvalue weighted by molar-refractivity contribution is 0.160. The van der Waals surface area contributed by atoms with Gasteiger partial charge in [0.2, 0.25) is 0 Å². The highest BCUT2D eigenvalue weighted by Gasteiger charge is 2.41. The highest BCUT2D eigenvalue weighted by Crippen LogP contribution is 2.39. The first kappa shape index (κ1) is 13.7. The number of nitrogens with zero attached hydrogens (tertiary/aromatic N) is 3. The van der Waals surface area contributed by atoms with Crippen molar-refractivity contribution >= 4 is 5.82 Å². The molecule has 4 nitrogen and oxygen atoms in total. The number of ether oxygens (including phenoxy) is 1. The Balaban J connectivity index is 1.50. The lowest BCUT2D eigenvalue weighted by Crippen LogP contribution is -2.28. The van der Waals surface area contributed by atoms with Gasteiger partial charge in [0.05, 0.1) is 6.61 Å². The lowest BCUT2D eigenvalue weighted by Gasteiger charge is -2.22. The molecule has 0 amide bonds. The number of hydrogen-bond acceptors (Lipinski definition) is 4. The molecule has 1 spiro atoms. The van der Waals surface area contributed by atoms with Crippen LogP contribution in [0.3, 0.4) is 0 Å². The molecule has 2 aliphatic heterocycles. The van der Waals surface area contributed by atoms with Gasteiger partial charge in [-0.25, -0.2) is 9.97 Å². The SMILES string of the molecule is c1ccc(Cc2nccc(N3CCC4(CCOC4)C3)n2)cc1. The van der Waals surface area contributed by atoms with Crippen molar-refractivity contribution in [1.29, 1.82) is 0 Å². The van der Waals surface area contributed by atoms with E-state index in [1.54, 1.807) is 0 Å². The second-order valence-electron chi connectivity index (χ2n) is 6.47. The van der Waals surface area contributed by atoms with Gasteiger partial charge in [0.25, 0.3) is 0 Å². The van der Waals surface area contributed by atoms with Crippen LogP contribution in [0.25, 0.3) is 0 Å². The maximum Gasteiger partial charge on any atom is 0.135 e. The van der Waals surface area contributed by atoms with E-state index in [-0.39, 0.29) is 0 Å². The largest absolute Gasteiger partial charge is 0.381 e. The Labute approximate surface area is 131 Å². The summed E-state index contributed by atoms with van der Waals surface area (Å²) >= 11 is 0. The molecule has 2 aliphatic rings. The molecule has 2 fully saturated rings. The summed E-state index contributed by atoms with van der Waals surface area (Å²) in [7, 11) is 0. The third-order valence-electron chi connectivity index (χ3n) is 4.84. The van der Waals surface area contributed by atoms with Gasteiger partial charge in [-0.1, -0.05) is 30.3 Å². The van der Waals surface area contributed by atoms with Crippen LogP contribution in [0.5, 0.6) is 0 Å². The molecule has 1 atom stereocenters. The number of rotatable bonds is 3. The van der Waals surface area contributed by atoms with Crippen LogP contribution in [0.2, 0.25) is 0 Å².